The first-order valence-electron chi connectivity index (χ1n) is 6.97. The van der Waals surface area contributed by atoms with Crippen LogP contribution in [0.25, 0.3) is 0 Å². The summed E-state index contributed by atoms with van der Waals surface area (Å²) in [4.78, 5) is 10.9. The Labute approximate surface area is 112 Å². The van der Waals surface area contributed by atoms with Crippen LogP contribution in [0.15, 0.2) is 0 Å². The third-order valence-electron chi connectivity index (χ3n) is 4.22. The van der Waals surface area contributed by atoms with E-state index >= 15 is 0 Å². The van der Waals surface area contributed by atoms with E-state index in [-0.39, 0.29) is 17.1 Å². The molecule has 0 spiro atoms. The van der Waals surface area contributed by atoms with Gasteiger partial charge in [0.2, 0.25) is 0 Å². The van der Waals surface area contributed by atoms with E-state index in [9.17, 15) is 4.79 Å². The molecule has 18 heavy (non-hydrogen) atoms. The maximum Gasteiger partial charge on any atom is 0.302 e. The smallest absolute Gasteiger partial charge is 0.302 e. The SMILES string of the molecule is CC(=O)OC1CCC(O[Si](C)(C)C(C)(C)C)CC1. The van der Waals surface area contributed by atoms with Crippen molar-refractivity contribution in [3.63, 3.8) is 0 Å². The molecule has 0 heterocycles. The predicted octanol–water partition coefficient (Wildman–Crippen LogP) is 3.88. The van der Waals surface area contributed by atoms with Crippen molar-refractivity contribution >= 4 is 14.3 Å². The van der Waals surface area contributed by atoms with Crippen molar-refractivity contribution in [2.45, 2.75) is 83.7 Å². The number of hydrogen-bond acceptors (Lipinski definition) is 3. The molecule has 0 bridgehead atoms. The van der Waals surface area contributed by atoms with Crippen molar-refractivity contribution in [3.05, 3.63) is 0 Å². The van der Waals surface area contributed by atoms with Gasteiger partial charge in [-0.2, -0.15) is 0 Å². The van der Waals surface area contributed by atoms with Crippen molar-refractivity contribution in [3.8, 4) is 0 Å². The largest absolute Gasteiger partial charge is 0.463 e. The highest BCUT2D eigenvalue weighted by Gasteiger charge is 2.39. The van der Waals surface area contributed by atoms with Gasteiger partial charge in [-0.15, -0.1) is 0 Å². The van der Waals surface area contributed by atoms with Crippen molar-refractivity contribution in [2.75, 3.05) is 0 Å². The van der Waals surface area contributed by atoms with Gasteiger partial charge in [0.15, 0.2) is 8.32 Å². The summed E-state index contributed by atoms with van der Waals surface area (Å²) in [6.07, 6.45) is 4.39. The van der Waals surface area contributed by atoms with E-state index in [1.807, 2.05) is 0 Å². The summed E-state index contributed by atoms with van der Waals surface area (Å²) in [6.45, 7) is 12.9. The van der Waals surface area contributed by atoms with Gasteiger partial charge in [-0.1, -0.05) is 20.8 Å². The highest BCUT2D eigenvalue weighted by molar-refractivity contribution is 6.74. The Hall–Kier alpha value is -0.353. The van der Waals surface area contributed by atoms with Gasteiger partial charge >= 0.3 is 5.97 Å². The average molecular weight is 272 g/mol. The zero-order chi connectivity index (χ0) is 14.0. The molecule has 0 unspecified atom stereocenters. The van der Waals surface area contributed by atoms with Crippen LogP contribution in [0.3, 0.4) is 0 Å². The van der Waals surface area contributed by atoms with Gasteiger partial charge in [0, 0.05) is 13.0 Å². The second kappa shape index (κ2) is 5.74. The fourth-order valence-electron chi connectivity index (χ4n) is 2.10. The van der Waals surface area contributed by atoms with Gasteiger partial charge < -0.3 is 9.16 Å². The minimum atomic E-state index is -1.65. The van der Waals surface area contributed by atoms with Crippen molar-refractivity contribution in [1.82, 2.24) is 0 Å². The summed E-state index contributed by atoms with van der Waals surface area (Å²) in [6, 6.07) is 0. The first-order valence-corrected chi connectivity index (χ1v) is 9.88. The van der Waals surface area contributed by atoms with Crippen molar-refractivity contribution in [1.29, 1.82) is 0 Å². The van der Waals surface area contributed by atoms with Crippen LogP contribution in [-0.4, -0.2) is 26.5 Å². The van der Waals surface area contributed by atoms with Crippen molar-refractivity contribution in [2.24, 2.45) is 0 Å². The molecule has 1 rings (SSSR count). The second-order valence-corrected chi connectivity index (χ2v) is 11.6. The van der Waals surface area contributed by atoms with Gasteiger partial charge in [-0.25, -0.2) is 0 Å². The molecule has 1 aliphatic rings. The average Bonchev–Trinajstić information content (AvgIpc) is 2.18. The third kappa shape index (κ3) is 4.39. The molecule has 106 valence electrons. The molecule has 0 N–H and O–H groups in total. The van der Waals surface area contributed by atoms with Gasteiger partial charge in [-0.3, -0.25) is 4.79 Å². The van der Waals surface area contributed by atoms with Crippen LogP contribution in [0, 0.1) is 0 Å². The Morgan fingerprint density at radius 3 is 1.89 bits per heavy atom. The van der Waals surface area contributed by atoms with E-state index in [1.54, 1.807) is 0 Å². The Morgan fingerprint density at radius 1 is 1.06 bits per heavy atom. The predicted molar refractivity (Wildman–Crippen MR) is 76.1 cm³/mol. The van der Waals surface area contributed by atoms with E-state index in [2.05, 4.69) is 33.9 Å². The molecular formula is C14H28O3Si. The molecular weight excluding hydrogens is 244 g/mol. The summed E-state index contributed by atoms with van der Waals surface area (Å²) in [5, 5.41) is 0.264. The maximum absolute atomic E-state index is 10.9. The van der Waals surface area contributed by atoms with Gasteiger partial charge in [0.25, 0.3) is 0 Å². The first-order chi connectivity index (χ1) is 8.12. The minimum absolute atomic E-state index is 0.113. The molecule has 0 aliphatic heterocycles. The number of hydrogen-bond donors (Lipinski definition) is 0. The zero-order valence-corrected chi connectivity index (χ0v) is 13.7. The summed E-state index contributed by atoms with van der Waals surface area (Å²) in [5.74, 6) is -0.163. The molecule has 3 nitrogen and oxygen atoms in total. The van der Waals surface area contributed by atoms with E-state index < -0.39 is 8.32 Å². The lowest BCUT2D eigenvalue weighted by Crippen LogP contribution is -2.45. The van der Waals surface area contributed by atoms with Gasteiger partial charge in [0.05, 0.1) is 0 Å². The number of carbonyl (C=O) groups excluding carboxylic acids is 1. The van der Waals surface area contributed by atoms with Gasteiger partial charge in [0.1, 0.15) is 6.10 Å². The lowest BCUT2D eigenvalue weighted by Gasteiger charge is -2.41. The molecule has 1 saturated carbocycles. The maximum atomic E-state index is 10.9. The first kappa shape index (κ1) is 15.7. The molecule has 0 aromatic heterocycles. The number of ether oxygens (including phenoxy) is 1. The highest BCUT2D eigenvalue weighted by Crippen LogP contribution is 2.39. The zero-order valence-electron chi connectivity index (χ0n) is 12.7. The normalized spacial score (nSPS) is 25.9. The number of rotatable bonds is 3. The molecule has 0 saturated heterocycles. The Bertz CT molecular complexity index is 286. The van der Waals surface area contributed by atoms with Crippen LogP contribution in [0.4, 0.5) is 0 Å². The summed E-state index contributed by atoms with van der Waals surface area (Å²) < 4.78 is 11.6. The monoisotopic (exact) mass is 272 g/mol. The van der Waals surface area contributed by atoms with E-state index in [0.29, 0.717) is 6.10 Å². The molecule has 0 aromatic carbocycles. The van der Waals surface area contributed by atoms with Crippen LogP contribution in [0.2, 0.25) is 18.1 Å². The summed E-state index contributed by atoms with van der Waals surface area (Å²) >= 11 is 0. The minimum Gasteiger partial charge on any atom is -0.463 e. The standard InChI is InChI=1S/C14H28O3Si/c1-11(15)16-12-7-9-13(10-8-12)17-18(5,6)14(2,3)4/h12-13H,7-10H2,1-6H3. The fourth-order valence-corrected chi connectivity index (χ4v) is 3.52. The van der Waals surface area contributed by atoms with Crippen molar-refractivity contribution < 1.29 is 14.0 Å². The van der Waals surface area contributed by atoms with E-state index in [0.717, 1.165) is 25.7 Å². The number of carbonyl (C=O) groups is 1. The quantitative estimate of drug-likeness (QED) is 0.577. The Kier molecular flexibility index (Phi) is 5.01. The lowest BCUT2D eigenvalue weighted by atomic mass is 9.95. The molecule has 0 aromatic rings. The van der Waals surface area contributed by atoms with Crippen LogP contribution in [-0.2, 0) is 14.0 Å². The lowest BCUT2D eigenvalue weighted by molar-refractivity contribution is -0.148. The third-order valence-corrected chi connectivity index (χ3v) is 8.76. The van der Waals surface area contributed by atoms with E-state index in [4.69, 9.17) is 9.16 Å². The second-order valence-electron chi connectivity index (χ2n) is 6.89. The van der Waals surface area contributed by atoms with Crippen LogP contribution >= 0.6 is 0 Å². The van der Waals surface area contributed by atoms with Crippen LogP contribution < -0.4 is 0 Å². The fraction of sp³-hybridized carbons (Fsp3) is 0.929. The molecule has 0 atom stereocenters. The van der Waals surface area contributed by atoms with Crippen LogP contribution in [0.5, 0.6) is 0 Å². The topological polar surface area (TPSA) is 35.5 Å². The number of esters is 1. The molecule has 0 radical (unpaired) electrons. The van der Waals surface area contributed by atoms with E-state index in [1.165, 1.54) is 6.92 Å². The summed E-state index contributed by atoms with van der Waals surface area (Å²) in [5.41, 5.74) is 0. The molecule has 1 aliphatic carbocycles. The van der Waals surface area contributed by atoms with Gasteiger partial charge in [-0.05, 0) is 43.8 Å². The summed E-state index contributed by atoms with van der Waals surface area (Å²) in [7, 11) is -1.65. The molecule has 1 fully saturated rings. The molecule has 4 heteroatoms. The van der Waals surface area contributed by atoms with Crippen LogP contribution in [0.1, 0.15) is 53.4 Å². The highest BCUT2D eigenvalue weighted by atomic mass is 28.4. The Balaban J connectivity index is 2.42. The molecule has 0 amide bonds. The Morgan fingerprint density at radius 2 is 1.50 bits per heavy atom.